The molecule has 0 aromatic heterocycles. The first-order valence-corrected chi connectivity index (χ1v) is 13.2. The average Bonchev–Trinajstić information content (AvgIpc) is 2.93. The molecular weight excluding hydrogens is 504 g/mol. The van der Waals surface area contributed by atoms with Crippen molar-refractivity contribution in [3.63, 3.8) is 0 Å². The highest BCUT2D eigenvalue weighted by Gasteiger charge is 2.26. The predicted molar refractivity (Wildman–Crippen MR) is 149 cm³/mol. The summed E-state index contributed by atoms with van der Waals surface area (Å²) in [4.78, 5) is 39.1. The maximum Gasteiger partial charge on any atom is 0.306 e. The summed E-state index contributed by atoms with van der Waals surface area (Å²) >= 11 is 0. The Labute approximate surface area is 230 Å². The molecule has 0 unspecified atom stereocenters. The average molecular weight is 541 g/mol. The van der Waals surface area contributed by atoms with Gasteiger partial charge < -0.3 is 20.7 Å². The maximum absolute atomic E-state index is 13.0. The summed E-state index contributed by atoms with van der Waals surface area (Å²) in [5.74, 6) is -0.405. The second-order valence-electron chi connectivity index (χ2n) is 10.1. The van der Waals surface area contributed by atoms with Gasteiger partial charge in [0.2, 0.25) is 0 Å². The van der Waals surface area contributed by atoms with Crippen LogP contribution in [0.2, 0.25) is 0 Å². The minimum Gasteiger partial charge on any atom is -0.456 e. The number of nitrogens with two attached hydrogens (primary N) is 1. The SMILES string of the molecule is Cl.N=C(N)c1ccc(-c2ccc(C(=O)N3CCC(CC(=O)OCC(=O)NC4CCCCC4)CC3)cc2)cc1. The first-order valence-electron chi connectivity index (χ1n) is 13.2. The number of benzene rings is 2. The number of esters is 1. The molecule has 4 N–H and O–H groups in total. The third-order valence-electron chi connectivity index (χ3n) is 7.35. The molecule has 1 aliphatic heterocycles. The third kappa shape index (κ3) is 8.05. The summed E-state index contributed by atoms with van der Waals surface area (Å²) in [5, 5.41) is 10.5. The number of amidine groups is 1. The van der Waals surface area contributed by atoms with Crippen LogP contribution in [0.15, 0.2) is 48.5 Å². The van der Waals surface area contributed by atoms with E-state index in [1.807, 2.05) is 53.4 Å². The molecule has 4 rings (SSSR count). The molecule has 0 spiro atoms. The molecule has 2 aromatic rings. The Morgan fingerprint density at radius 1 is 0.868 bits per heavy atom. The van der Waals surface area contributed by atoms with Gasteiger partial charge in [0.15, 0.2) is 6.61 Å². The summed E-state index contributed by atoms with van der Waals surface area (Å²) in [6.45, 7) is 0.962. The molecule has 1 aliphatic carbocycles. The van der Waals surface area contributed by atoms with Crippen LogP contribution in [0.5, 0.6) is 0 Å². The largest absolute Gasteiger partial charge is 0.456 e. The Morgan fingerprint density at radius 2 is 1.42 bits per heavy atom. The minimum absolute atomic E-state index is 0. The Bertz CT molecular complexity index is 1110. The first-order chi connectivity index (χ1) is 17.9. The van der Waals surface area contributed by atoms with E-state index in [-0.39, 0.29) is 61.0 Å². The zero-order valence-electron chi connectivity index (χ0n) is 21.6. The molecule has 2 amide bonds. The molecular formula is C29H37ClN4O4. The minimum atomic E-state index is -0.351. The Hall–Kier alpha value is -3.39. The van der Waals surface area contributed by atoms with Gasteiger partial charge in [-0.05, 0) is 54.9 Å². The Balaban J connectivity index is 0.00000400. The predicted octanol–water partition coefficient (Wildman–Crippen LogP) is 4.29. The maximum atomic E-state index is 13.0. The monoisotopic (exact) mass is 540 g/mol. The normalized spacial score (nSPS) is 16.3. The third-order valence-corrected chi connectivity index (χ3v) is 7.35. The second kappa shape index (κ2) is 14.0. The highest BCUT2D eigenvalue weighted by atomic mass is 35.5. The van der Waals surface area contributed by atoms with E-state index >= 15 is 0 Å². The van der Waals surface area contributed by atoms with Gasteiger partial charge in [0.1, 0.15) is 5.84 Å². The summed E-state index contributed by atoms with van der Waals surface area (Å²) < 4.78 is 5.21. The molecule has 204 valence electrons. The van der Waals surface area contributed by atoms with Crippen LogP contribution in [0, 0.1) is 11.3 Å². The van der Waals surface area contributed by atoms with Gasteiger partial charge in [-0.25, -0.2) is 0 Å². The lowest BCUT2D eigenvalue weighted by atomic mass is 9.93. The van der Waals surface area contributed by atoms with E-state index in [1.54, 1.807) is 0 Å². The molecule has 0 radical (unpaired) electrons. The number of amides is 2. The molecule has 0 bridgehead atoms. The van der Waals surface area contributed by atoms with E-state index < -0.39 is 0 Å². The molecule has 38 heavy (non-hydrogen) atoms. The van der Waals surface area contributed by atoms with Crippen molar-refractivity contribution in [3.05, 3.63) is 59.7 Å². The number of carbonyl (C=O) groups is 3. The van der Waals surface area contributed by atoms with Crippen molar-refractivity contribution in [2.45, 2.75) is 57.4 Å². The van der Waals surface area contributed by atoms with Gasteiger partial charge in [0, 0.05) is 36.7 Å². The summed E-state index contributed by atoms with van der Waals surface area (Å²) in [7, 11) is 0. The van der Waals surface area contributed by atoms with Crippen LogP contribution < -0.4 is 11.1 Å². The van der Waals surface area contributed by atoms with Gasteiger partial charge in [0.05, 0.1) is 0 Å². The number of nitrogen functional groups attached to an aromatic ring is 1. The van der Waals surface area contributed by atoms with Crippen molar-refractivity contribution in [2.75, 3.05) is 19.7 Å². The van der Waals surface area contributed by atoms with Gasteiger partial charge in [-0.2, -0.15) is 0 Å². The van der Waals surface area contributed by atoms with Crippen LogP contribution in [0.4, 0.5) is 0 Å². The Kier molecular flexibility index (Phi) is 10.7. The quantitative estimate of drug-likeness (QED) is 0.261. The smallest absolute Gasteiger partial charge is 0.306 e. The number of hydrogen-bond donors (Lipinski definition) is 3. The zero-order valence-corrected chi connectivity index (χ0v) is 22.4. The van der Waals surface area contributed by atoms with E-state index in [1.165, 1.54) is 6.42 Å². The lowest BCUT2D eigenvalue weighted by Crippen LogP contribution is -2.40. The molecule has 1 heterocycles. The lowest BCUT2D eigenvalue weighted by Gasteiger charge is -2.31. The van der Waals surface area contributed by atoms with Crippen LogP contribution >= 0.6 is 12.4 Å². The number of ether oxygens (including phenoxy) is 1. The van der Waals surface area contributed by atoms with Crippen molar-refractivity contribution >= 4 is 36.0 Å². The summed E-state index contributed by atoms with van der Waals surface area (Å²) in [6, 6.07) is 15.1. The lowest BCUT2D eigenvalue weighted by molar-refractivity contribution is -0.150. The fourth-order valence-electron chi connectivity index (χ4n) is 5.13. The van der Waals surface area contributed by atoms with E-state index in [2.05, 4.69) is 5.32 Å². The van der Waals surface area contributed by atoms with E-state index in [4.69, 9.17) is 15.9 Å². The zero-order chi connectivity index (χ0) is 26.2. The number of carbonyl (C=O) groups excluding carboxylic acids is 3. The van der Waals surface area contributed by atoms with E-state index in [0.29, 0.717) is 24.2 Å². The van der Waals surface area contributed by atoms with Crippen molar-refractivity contribution in [1.29, 1.82) is 5.41 Å². The first kappa shape index (κ1) is 29.2. The fraction of sp³-hybridized carbons (Fsp3) is 0.448. The summed E-state index contributed by atoms with van der Waals surface area (Å²) in [5.41, 5.74) is 8.79. The molecule has 2 aromatic carbocycles. The van der Waals surface area contributed by atoms with Gasteiger partial charge >= 0.3 is 5.97 Å². The van der Waals surface area contributed by atoms with Gasteiger partial charge in [-0.3, -0.25) is 19.8 Å². The number of piperidine rings is 1. The molecule has 1 saturated carbocycles. The number of halogens is 1. The van der Waals surface area contributed by atoms with Crippen LogP contribution in [0.3, 0.4) is 0 Å². The van der Waals surface area contributed by atoms with Crippen LogP contribution in [0.25, 0.3) is 11.1 Å². The van der Waals surface area contributed by atoms with Gasteiger partial charge in [0.25, 0.3) is 11.8 Å². The molecule has 2 fully saturated rings. The fourth-order valence-corrected chi connectivity index (χ4v) is 5.13. The van der Waals surface area contributed by atoms with Crippen LogP contribution in [-0.4, -0.2) is 54.3 Å². The molecule has 1 saturated heterocycles. The second-order valence-corrected chi connectivity index (χ2v) is 10.1. The number of nitrogens with one attached hydrogen (secondary N) is 2. The van der Waals surface area contributed by atoms with Crippen LogP contribution in [-0.2, 0) is 14.3 Å². The standard InChI is InChI=1S/C29H36N4O4.ClH/c30-28(31)23-10-6-21(7-11-23)22-8-12-24(13-9-22)29(36)33-16-14-20(15-17-33)18-27(35)37-19-26(34)32-25-4-2-1-3-5-25;/h6-13,20,25H,1-5,14-19H2,(H3,30,31)(H,32,34);1H. The topological polar surface area (TPSA) is 126 Å². The van der Waals surface area contributed by atoms with Crippen molar-refractivity contribution in [1.82, 2.24) is 10.2 Å². The molecule has 2 aliphatic rings. The van der Waals surface area contributed by atoms with E-state index in [9.17, 15) is 14.4 Å². The number of hydrogen-bond acceptors (Lipinski definition) is 5. The number of likely N-dealkylation sites (tertiary alicyclic amines) is 1. The van der Waals surface area contributed by atoms with Crippen molar-refractivity contribution in [3.8, 4) is 11.1 Å². The van der Waals surface area contributed by atoms with E-state index in [0.717, 1.165) is 49.7 Å². The summed E-state index contributed by atoms with van der Waals surface area (Å²) in [6.07, 6.45) is 7.22. The molecule has 0 atom stereocenters. The molecule has 9 heteroatoms. The Morgan fingerprint density at radius 3 is 1.97 bits per heavy atom. The van der Waals surface area contributed by atoms with Gasteiger partial charge in [-0.1, -0.05) is 55.7 Å². The highest BCUT2D eigenvalue weighted by molar-refractivity contribution is 5.96. The van der Waals surface area contributed by atoms with Crippen LogP contribution in [0.1, 0.15) is 67.3 Å². The van der Waals surface area contributed by atoms with Gasteiger partial charge in [-0.15, -0.1) is 12.4 Å². The number of rotatable bonds is 8. The van der Waals surface area contributed by atoms with Crippen molar-refractivity contribution < 1.29 is 19.1 Å². The highest BCUT2D eigenvalue weighted by Crippen LogP contribution is 2.24. The molecule has 8 nitrogen and oxygen atoms in total. The number of nitrogens with zero attached hydrogens (tertiary/aromatic N) is 1. The van der Waals surface area contributed by atoms with Crippen molar-refractivity contribution in [2.24, 2.45) is 11.7 Å².